The Hall–Kier alpha value is -0.780. The summed E-state index contributed by atoms with van der Waals surface area (Å²) < 4.78 is 0. The molecule has 1 rings (SSSR count). The van der Waals surface area contributed by atoms with Crippen LogP contribution in [0.4, 0.5) is 0 Å². The molecule has 0 radical (unpaired) electrons. The molecule has 0 saturated heterocycles. The van der Waals surface area contributed by atoms with Crippen LogP contribution >= 0.6 is 0 Å². The molecule has 14 heavy (non-hydrogen) atoms. The third-order valence-corrected chi connectivity index (χ3v) is 2.56. The molecule has 0 N–H and O–H groups in total. The molecule has 0 heteroatoms. The third kappa shape index (κ3) is 6.71. The van der Waals surface area contributed by atoms with Crippen LogP contribution in [0.3, 0.4) is 0 Å². The van der Waals surface area contributed by atoms with Gasteiger partial charge >= 0.3 is 0 Å². The highest BCUT2D eigenvalue weighted by atomic mass is 13.9. The van der Waals surface area contributed by atoms with Gasteiger partial charge in [0.2, 0.25) is 0 Å². The molecule has 0 spiro atoms. The van der Waals surface area contributed by atoms with E-state index in [2.05, 4.69) is 36.5 Å². The van der Waals surface area contributed by atoms with Crippen molar-refractivity contribution in [2.24, 2.45) is 0 Å². The van der Waals surface area contributed by atoms with E-state index in [1.807, 2.05) is 0 Å². The summed E-state index contributed by atoms with van der Waals surface area (Å²) >= 11 is 0. The number of rotatable bonds is 0. The first kappa shape index (κ1) is 11.3. The zero-order valence-corrected chi connectivity index (χ0v) is 9.12. The van der Waals surface area contributed by atoms with Crippen LogP contribution in [0, 0.1) is 0 Å². The maximum atomic E-state index is 2.32. The lowest BCUT2D eigenvalue weighted by Crippen LogP contribution is -1.78. The van der Waals surface area contributed by atoms with Gasteiger partial charge in [-0.3, -0.25) is 0 Å². The van der Waals surface area contributed by atoms with E-state index in [0.717, 1.165) is 6.42 Å². The van der Waals surface area contributed by atoms with Gasteiger partial charge in [-0.15, -0.1) is 0 Å². The van der Waals surface area contributed by atoms with Gasteiger partial charge in [-0.2, -0.15) is 0 Å². The van der Waals surface area contributed by atoms with E-state index in [1.165, 1.54) is 44.9 Å². The van der Waals surface area contributed by atoms with Crippen LogP contribution in [0.1, 0.15) is 51.4 Å². The third-order valence-electron chi connectivity index (χ3n) is 2.56. The lowest BCUT2D eigenvalue weighted by Gasteiger charge is -1.98. The largest absolute Gasteiger partial charge is 0.0882 e. The minimum absolute atomic E-state index is 1.09. The highest BCUT2D eigenvalue weighted by Gasteiger charge is 1.88. The van der Waals surface area contributed by atoms with Gasteiger partial charge in [-0.1, -0.05) is 55.7 Å². The van der Waals surface area contributed by atoms with Crippen molar-refractivity contribution in [3.63, 3.8) is 0 Å². The van der Waals surface area contributed by atoms with E-state index in [1.54, 1.807) is 0 Å². The van der Waals surface area contributed by atoms with Gasteiger partial charge in [0, 0.05) is 0 Å². The summed E-state index contributed by atoms with van der Waals surface area (Å²) in [5.41, 5.74) is 0. The van der Waals surface area contributed by atoms with Crippen molar-refractivity contribution in [2.75, 3.05) is 0 Å². The fourth-order valence-electron chi connectivity index (χ4n) is 1.68. The van der Waals surface area contributed by atoms with Crippen LogP contribution in [-0.4, -0.2) is 0 Å². The lowest BCUT2D eigenvalue weighted by molar-refractivity contribution is 0.621. The molecule has 0 atom stereocenters. The first-order valence-electron chi connectivity index (χ1n) is 5.97. The minimum atomic E-state index is 1.09. The lowest BCUT2D eigenvalue weighted by atomic mass is 10.1. The molecule has 0 unspecified atom stereocenters. The van der Waals surface area contributed by atoms with E-state index in [9.17, 15) is 0 Å². The topological polar surface area (TPSA) is 0 Å². The van der Waals surface area contributed by atoms with Crippen LogP contribution in [0.15, 0.2) is 36.5 Å². The van der Waals surface area contributed by atoms with Crippen LogP contribution in [-0.2, 0) is 0 Å². The average molecular weight is 190 g/mol. The molecular weight excluding hydrogens is 168 g/mol. The van der Waals surface area contributed by atoms with Gasteiger partial charge < -0.3 is 0 Å². The van der Waals surface area contributed by atoms with Crippen molar-refractivity contribution >= 4 is 0 Å². The standard InChI is InChI=1S/C14H22/c1-2-4-6-8-10-12-14-13-11-9-7-5-3-1/h1-4,7,9H,5-6,8,10-14H2/b3-1?,4-2?,9-7-. The predicted molar refractivity (Wildman–Crippen MR) is 64.4 cm³/mol. The van der Waals surface area contributed by atoms with E-state index in [-0.39, 0.29) is 0 Å². The summed E-state index contributed by atoms with van der Waals surface area (Å²) in [5, 5.41) is 0. The van der Waals surface area contributed by atoms with Crippen LogP contribution in [0.25, 0.3) is 0 Å². The number of hydrogen-bond acceptors (Lipinski definition) is 0. The molecule has 0 aromatic rings. The second kappa shape index (κ2) is 8.80. The molecule has 0 aromatic heterocycles. The van der Waals surface area contributed by atoms with E-state index in [0.29, 0.717) is 0 Å². The maximum absolute atomic E-state index is 2.32. The molecule has 1 aliphatic carbocycles. The normalized spacial score (nSPS) is 22.9. The fraction of sp³-hybridized carbons (Fsp3) is 0.571. The molecule has 78 valence electrons. The Bertz CT molecular complexity index is 196. The molecule has 0 amide bonds. The Balaban J connectivity index is 2.26. The molecule has 0 nitrogen and oxygen atoms in total. The van der Waals surface area contributed by atoms with Gasteiger partial charge in [-0.05, 0) is 32.1 Å². The Morgan fingerprint density at radius 2 is 1.14 bits per heavy atom. The molecule has 0 aromatic carbocycles. The van der Waals surface area contributed by atoms with Gasteiger partial charge in [0.05, 0.1) is 0 Å². The second-order valence-corrected chi connectivity index (χ2v) is 3.91. The van der Waals surface area contributed by atoms with Crippen molar-refractivity contribution < 1.29 is 0 Å². The molecule has 0 fully saturated rings. The minimum Gasteiger partial charge on any atom is -0.0882 e. The smallest absolute Gasteiger partial charge is 0.0166 e. The van der Waals surface area contributed by atoms with E-state index < -0.39 is 0 Å². The van der Waals surface area contributed by atoms with Crippen molar-refractivity contribution in [1.29, 1.82) is 0 Å². The van der Waals surface area contributed by atoms with Gasteiger partial charge in [-0.25, -0.2) is 0 Å². The molecule has 0 heterocycles. The molecule has 1 aliphatic rings. The average Bonchev–Trinajstić information content (AvgIpc) is 2.22. The Morgan fingerprint density at radius 3 is 2.00 bits per heavy atom. The quantitative estimate of drug-likeness (QED) is 0.482. The summed E-state index contributed by atoms with van der Waals surface area (Å²) in [4.78, 5) is 0. The van der Waals surface area contributed by atoms with Gasteiger partial charge in [0.1, 0.15) is 0 Å². The molecule has 0 bridgehead atoms. The number of hydrogen-bond donors (Lipinski definition) is 0. The van der Waals surface area contributed by atoms with E-state index >= 15 is 0 Å². The molecule has 0 aliphatic heterocycles. The molecule has 0 saturated carbocycles. The Labute approximate surface area is 88.4 Å². The molecular formula is C14H22. The fourth-order valence-corrected chi connectivity index (χ4v) is 1.68. The summed E-state index contributed by atoms with van der Waals surface area (Å²) in [6.07, 6.45) is 24.0. The summed E-state index contributed by atoms with van der Waals surface area (Å²) in [5.74, 6) is 0. The zero-order valence-electron chi connectivity index (χ0n) is 9.12. The zero-order chi connectivity index (χ0) is 9.90. The van der Waals surface area contributed by atoms with Crippen molar-refractivity contribution in [3.05, 3.63) is 36.5 Å². The van der Waals surface area contributed by atoms with Crippen molar-refractivity contribution in [2.45, 2.75) is 51.4 Å². The van der Waals surface area contributed by atoms with Crippen molar-refractivity contribution in [3.8, 4) is 0 Å². The summed E-state index contributed by atoms with van der Waals surface area (Å²) in [7, 11) is 0. The van der Waals surface area contributed by atoms with Crippen LogP contribution in [0.2, 0.25) is 0 Å². The monoisotopic (exact) mass is 190 g/mol. The first-order valence-corrected chi connectivity index (χ1v) is 5.97. The maximum Gasteiger partial charge on any atom is -0.0166 e. The van der Waals surface area contributed by atoms with Gasteiger partial charge in [0.25, 0.3) is 0 Å². The highest BCUT2D eigenvalue weighted by Crippen LogP contribution is 2.08. The Kier molecular flexibility index (Phi) is 7.10. The Morgan fingerprint density at radius 1 is 0.500 bits per heavy atom. The van der Waals surface area contributed by atoms with E-state index in [4.69, 9.17) is 0 Å². The van der Waals surface area contributed by atoms with Crippen LogP contribution in [0.5, 0.6) is 0 Å². The summed E-state index contributed by atoms with van der Waals surface area (Å²) in [6.45, 7) is 0. The highest BCUT2D eigenvalue weighted by molar-refractivity contribution is 5.04. The summed E-state index contributed by atoms with van der Waals surface area (Å²) in [6, 6.07) is 0. The van der Waals surface area contributed by atoms with Crippen molar-refractivity contribution in [1.82, 2.24) is 0 Å². The SMILES string of the molecule is C1=CC/C=C\CCCCCCCC=C1. The first-order chi connectivity index (χ1) is 7.00. The van der Waals surface area contributed by atoms with Crippen LogP contribution < -0.4 is 0 Å². The number of allylic oxidation sites excluding steroid dienone is 6. The second-order valence-electron chi connectivity index (χ2n) is 3.91. The van der Waals surface area contributed by atoms with Gasteiger partial charge in [0.15, 0.2) is 0 Å². The predicted octanol–water partition coefficient (Wildman–Crippen LogP) is 4.79.